The number of halogens is 1. The van der Waals surface area contributed by atoms with Crippen molar-refractivity contribution in [2.45, 2.75) is 18.7 Å². The molecule has 148 valence electrons. The molecule has 2 aromatic carbocycles. The molecule has 0 aliphatic heterocycles. The maximum atomic E-state index is 13.3. The first kappa shape index (κ1) is 20.5. The van der Waals surface area contributed by atoms with Crippen LogP contribution in [-0.4, -0.2) is 38.8 Å². The Morgan fingerprint density at radius 3 is 2.61 bits per heavy atom. The number of pyridine rings is 1. The highest BCUT2D eigenvalue weighted by molar-refractivity contribution is 8.00. The summed E-state index contributed by atoms with van der Waals surface area (Å²) in [5.41, 5.74) is 1.63. The molecule has 0 aliphatic carbocycles. The summed E-state index contributed by atoms with van der Waals surface area (Å²) in [7, 11) is -2.69. The fraction of sp³-hybridized carbons (Fsp3) is 0.238. The summed E-state index contributed by atoms with van der Waals surface area (Å²) >= 11 is 6.31. The Balaban J connectivity index is 1.89. The van der Waals surface area contributed by atoms with E-state index in [-0.39, 0.29) is 5.91 Å². The average molecular weight is 418 g/mol. The zero-order chi connectivity index (χ0) is 20.3. The lowest BCUT2D eigenvalue weighted by atomic mass is 10.1. The number of aromatic nitrogens is 1. The van der Waals surface area contributed by atoms with Crippen LogP contribution in [0.1, 0.15) is 24.2 Å². The monoisotopic (exact) mass is 417 g/mol. The zero-order valence-corrected chi connectivity index (χ0v) is 17.8. The molecule has 0 bridgehead atoms. The molecule has 0 saturated heterocycles. The molecule has 0 radical (unpaired) electrons. The summed E-state index contributed by atoms with van der Waals surface area (Å²) in [6.07, 6.45) is 3.43. The third-order valence-electron chi connectivity index (χ3n) is 4.79. The number of anilines is 1. The zero-order valence-electron chi connectivity index (χ0n) is 16.1. The number of carbonyl (C=O) groups excluding carboxylic acids is 1. The van der Waals surface area contributed by atoms with Crippen LogP contribution < -0.4 is 5.32 Å². The highest BCUT2D eigenvalue weighted by Gasteiger charge is 2.19. The van der Waals surface area contributed by atoms with Gasteiger partial charge in [0.05, 0.1) is 16.1 Å². The van der Waals surface area contributed by atoms with E-state index in [1.165, 1.54) is 0 Å². The van der Waals surface area contributed by atoms with Gasteiger partial charge in [-0.1, -0.05) is 37.6 Å². The van der Waals surface area contributed by atoms with Crippen molar-refractivity contribution in [3.63, 3.8) is 0 Å². The molecule has 7 heteroatoms. The number of benzene rings is 2. The number of rotatable bonds is 6. The molecule has 1 aromatic heterocycles. The fourth-order valence-corrected chi connectivity index (χ4v) is 5.64. The van der Waals surface area contributed by atoms with Crippen LogP contribution in [0.2, 0.25) is 5.02 Å². The molecule has 0 spiro atoms. The molecule has 1 amide bonds. The number of amides is 1. The molecule has 3 aromatic rings. The number of nitrogens with zero attached hydrogens (tertiary/aromatic N) is 2. The highest BCUT2D eigenvalue weighted by atomic mass is 35.5. The fourth-order valence-electron chi connectivity index (χ4n) is 3.23. The van der Waals surface area contributed by atoms with Gasteiger partial charge in [0.1, 0.15) is 0 Å². The van der Waals surface area contributed by atoms with Crippen LogP contribution >= 0.6 is 11.6 Å². The summed E-state index contributed by atoms with van der Waals surface area (Å²) in [5.74, 6) is -0.330. The van der Waals surface area contributed by atoms with E-state index in [4.69, 9.17) is 11.6 Å². The molecule has 0 fully saturated rings. The van der Waals surface area contributed by atoms with Crippen LogP contribution in [0, 0.1) is 0 Å². The Hall–Kier alpha value is -2.28. The summed E-state index contributed by atoms with van der Waals surface area (Å²) in [4.78, 5) is 17.8. The van der Waals surface area contributed by atoms with Crippen LogP contribution in [0.3, 0.4) is 0 Å². The van der Waals surface area contributed by atoms with Gasteiger partial charge in [-0.2, -0.15) is 0 Å². The summed E-state index contributed by atoms with van der Waals surface area (Å²) in [6, 6.07) is 14.3. The molecule has 0 aliphatic rings. The number of carbonyl (C=O) groups is 1. The smallest absolute Gasteiger partial charge is 0.257 e. The molecule has 1 heterocycles. The van der Waals surface area contributed by atoms with Gasteiger partial charge in [-0.15, -0.1) is 0 Å². The second kappa shape index (κ2) is 8.39. The Bertz CT molecular complexity index is 1070. The van der Waals surface area contributed by atoms with E-state index in [0.29, 0.717) is 39.8 Å². The number of nitrogens with one attached hydrogen (secondary N) is 1. The van der Waals surface area contributed by atoms with Crippen molar-refractivity contribution in [1.82, 2.24) is 9.29 Å². The van der Waals surface area contributed by atoms with E-state index < -0.39 is 10.1 Å². The van der Waals surface area contributed by atoms with Gasteiger partial charge < -0.3 is 5.32 Å². The minimum atomic E-state index is -2.69. The molecular weight excluding hydrogens is 394 g/mol. The van der Waals surface area contributed by atoms with Crippen molar-refractivity contribution in [2.75, 3.05) is 24.7 Å². The van der Waals surface area contributed by atoms with Crippen molar-refractivity contribution in [2.24, 2.45) is 0 Å². The van der Waals surface area contributed by atoms with Crippen molar-refractivity contribution in [3.8, 4) is 0 Å². The molecule has 0 unspecified atom stereocenters. The lowest BCUT2D eigenvalue weighted by molar-refractivity contribution is 0.102. The predicted octanol–water partition coefficient (Wildman–Crippen LogP) is 4.40. The third kappa shape index (κ3) is 4.09. The van der Waals surface area contributed by atoms with Crippen LogP contribution in [-0.2, 0) is 10.1 Å². The van der Waals surface area contributed by atoms with Crippen LogP contribution in [0.5, 0.6) is 0 Å². The second-order valence-corrected chi connectivity index (χ2v) is 9.80. The van der Waals surface area contributed by atoms with Crippen molar-refractivity contribution in [3.05, 3.63) is 65.3 Å². The van der Waals surface area contributed by atoms with Crippen LogP contribution in [0.25, 0.3) is 10.9 Å². The average Bonchev–Trinajstić information content (AvgIpc) is 2.68. The Morgan fingerprint density at radius 2 is 1.89 bits per heavy atom. The van der Waals surface area contributed by atoms with E-state index in [1.807, 2.05) is 36.4 Å². The Morgan fingerprint density at radius 1 is 1.14 bits per heavy atom. The summed E-state index contributed by atoms with van der Waals surface area (Å²) < 4.78 is 15.2. The van der Waals surface area contributed by atoms with Gasteiger partial charge in [0.15, 0.2) is 0 Å². The normalized spacial score (nSPS) is 12.3. The van der Waals surface area contributed by atoms with E-state index in [9.17, 15) is 9.00 Å². The minimum Gasteiger partial charge on any atom is -0.322 e. The van der Waals surface area contributed by atoms with Gasteiger partial charge in [0, 0.05) is 41.5 Å². The maximum absolute atomic E-state index is 13.3. The van der Waals surface area contributed by atoms with Gasteiger partial charge in [-0.3, -0.25) is 14.0 Å². The minimum absolute atomic E-state index is 0.330. The van der Waals surface area contributed by atoms with E-state index in [2.05, 4.69) is 10.3 Å². The van der Waals surface area contributed by atoms with Gasteiger partial charge >= 0.3 is 0 Å². The maximum Gasteiger partial charge on any atom is 0.257 e. The first-order valence-corrected chi connectivity index (χ1v) is 11.6. The number of thiol groups is 1. The highest BCUT2D eigenvalue weighted by Crippen LogP contribution is 2.26. The number of hydrogen-bond donors (Lipinski definition) is 2. The van der Waals surface area contributed by atoms with Gasteiger partial charge in [-0.25, -0.2) is 4.31 Å². The quantitative estimate of drug-likeness (QED) is 0.584. The molecule has 5 nitrogen and oxygen atoms in total. The topological polar surface area (TPSA) is 62.3 Å². The SMILES string of the molecule is CCN(CC)[SH](C)(=O)c1cccc(NC(=O)c2cc3ncccc3cc2Cl)c1. The van der Waals surface area contributed by atoms with Crippen molar-refractivity contribution < 1.29 is 9.00 Å². The number of hydrogen-bond acceptors (Lipinski definition) is 3. The standard InChI is InChI=1S/C21H24ClN3O2S/c1-4-25(5-2)28(3,27)17-10-6-9-16(13-17)24-21(26)18-14-20-15(12-19(18)22)8-7-11-23-20/h6-14,28H,4-5H2,1-3H3,(H,24,26). The van der Waals surface area contributed by atoms with Crippen molar-refractivity contribution >= 4 is 44.2 Å². The van der Waals surface area contributed by atoms with E-state index in [0.717, 1.165) is 5.39 Å². The lowest BCUT2D eigenvalue weighted by Crippen LogP contribution is -2.35. The Labute approximate surface area is 171 Å². The molecule has 0 saturated carbocycles. The summed E-state index contributed by atoms with van der Waals surface area (Å²) in [6.45, 7) is 5.36. The Kier molecular flexibility index (Phi) is 6.13. The van der Waals surface area contributed by atoms with E-state index >= 15 is 0 Å². The first-order valence-electron chi connectivity index (χ1n) is 9.16. The molecule has 3 rings (SSSR count). The van der Waals surface area contributed by atoms with Crippen LogP contribution in [0.4, 0.5) is 5.69 Å². The molecule has 28 heavy (non-hydrogen) atoms. The molecule has 0 atom stereocenters. The van der Waals surface area contributed by atoms with Gasteiger partial charge in [-0.05, 0) is 46.5 Å². The largest absolute Gasteiger partial charge is 0.322 e. The third-order valence-corrected chi connectivity index (χ3v) is 7.98. The van der Waals surface area contributed by atoms with Crippen LogP contribution in [0.15, 0.2) is 59.6 Å². The molecular formula is C21H24ClN3O2S. The lowest BCUT2D eigenvalue weighted by Gasteiger charge is -2.32. The molecule has 1 N–H and O–H groups in total. The second-order valence-electron chi connectivity index (χ2n) is 6.55. The van der Waals surface area contributed by atoms with Gasteiger partial charge in [0.2, 0.25) is 0 Å². The predicted molar refractivity (Wildman–Crippen MR) is 118 cm³/mol. The summed E-state index contributed by atoms with van der Waals surface area (Å²) in [5, 5.41) is 4.09. The number of fused-ring (bicyclic) bond motifs is 1. The van der Waals surface area contributed by atoms with Gasteiger partial charge in [0.25, 0.3) is 5.91 Å². The first-order chi connectivity index (χ1) is 13.4. The van der Waals surface area contributed by atoms with E-state index in [1.54, 1.807) is 42.8 Å². The van der Waals surface area contributed by atoms with Crippen molar-refractivity contribution in [1.29, 1.82) is 0 Å².